The molecule has 7 heteroatoms. The number of hydrogen-bond acceptors (Lipinski definition) is 6. The summed E-state index contributed by atoms with van der Waals surface area (Å²) in [5.74, 6) is -0.116. The smallest absolute Gasteiger partial charge is 0.230 e. The van der Waals surface area contributed by atoms with Gasteiger partial charge in [-0.3, -0.25) is 4.79 Å². The summed E-state index contributed by atoms with van der Waals surface area (Å²) in [5, 5.41) is 18.5. The Labute approximate surface area is 168 Å². The molecule has 0 radical (unpaired) electrons. The molecule has 1 aromatic heterocycles. The van der Waals surface area contributed by atoms with Gasteiger partial charge in [0.15, 0.2) is 5.13 Å². The highest BCUT2D eigenvalue weighted by molar-refractivity contribution is 7.13. The van der Waals surface area contributed by atoms with E-state index in [0.717, 1.165) is 29.8 Å². The van der Waals surface area contributed by atoms with Gasteiger partial charge in [0.25, 0.3) is 0 Å². The number of anilines is 2. The van der Waals surface area contributed by atoms with Gasteiger partial charge in [-0.2, -0.15) is 0 Å². The van der Waals surface area contributed by atoms with Gasteiger partial charge < -0.3 is 21.5 Å². The van der Waals surface area contributed by atoms with Crippen molar-refractivity contribution in [2.75, 3.05) is 24.1 Å². The molecule has 0 spiro atoms. The lowest BCUT2D eigenvalue weighted by Gasteiger charge is -2.12. The molecule has 0 saturated heterocycles. The molecule has 0 unspecified atom stereocenters. The average Bonchev–Trinajstić information content (AvgIpc) is 3.11. The van der Waals surface area contributed by atoms with E-state index in [1.165, 1.54) is 11.3 Å². The van der Waals surface area contributed by atoms with Gasteiger partial charge in [0.2, 0.25) is 5.91 Å². The molecular formula is C21H24N4O2S. The summed E-state index contributed by atoms with van der Waals surface area (Å²) in [4.78, 5) is 16.1. The van der Waals surface area contributed by atoms with E-state index in [4.69, 9.17) is 5.73 Å². The maximum absolute atomic E-state index is 12.0. The Hall–Kier alpha value is -2.74. The zero-order valence-corrected chi connectivity index (χ0v) is 16.3. The topological polar surface area (TPSA) is 100 Å². The summed E-state index contributed by atoms with van der Waals surface area (Å²) in [6.07, 6.45) is 0.545. The second-order valence-corrected chi connectivity index (χ2v) is 7.37. The minimum absolute atomic E-state index is 0.116. The fourth-order valence-electron chi connectivity index (χ4n) is 2.79. The SMILES string of the molecule is Nc1nc(CC(=O)N[14c]2[14cH][14cH][14c](CCNC[C@H](O)c3ccccc3)[14cH][14cH]2)cs1. The van der Waals surface area contributed by atoms with Crippen molar-refractivity contribution >= 4 is 28.1 Å². The summed E-state index contributed by atoms with van der Waals surface area (Å²) in [6, 6.07) is 17.4. The first-order chi connectivity index (χ1) is 13.6. The van der Waals surface area contributed by atoms with Crippen molar-refractivity contribution in [1.82, 2.24) is 10.3 Å². The van der Waals surface area contributed by atoms with Crippen LogP contribution in [0.2, 0.25) is 0 Å². The number of nitrogen functional groups attached to an aromatic ring is 1. The maximum atomic E-state index is 12.0. The standard InChI is InChI=1S/C21H24N4O2S/c22-21-25-18(14-28-21)12-20(27)24-17-8-6-15(7-9-17)10-11-23-13-19(26)16-4-2-1-3-5-16/h1-9,14,19,23,26H,10-13H2,(H2,22,25)(H,24,27)/t19-/m0/s1/i6+2,7+2,8+2,9+2,15+2,17+2. The third-order valence-electron chi connectivity index (χ3n) is 4.26. The van der Waals surface area contributed by atoms with E-state index in [-0.39, 0.29) is 12.3 Å². The van der Waals surface area contributed by atoms with Crippen LogP contribution in [0.25, 0.3) is 0 Å². The largest absolute Gasteiger partial charge is 0.387 e. The highest BCUT2D eigenvalue weighted by atomic mass is 32.1. The van der Waals surface area contributed by atoms with E-state index in [9.17, 15) is 9.90 Å². The van der Waals surface area contributed by atoms with E-state index in [1.807, 2.05) is 54.6 Å². The minimum atomic E-state index is -0.508. The van der Waals surface area contributed by atoms with Crippen molar-refractivity contribution in [3.8, 4) is 0 Å². The number of nitrogens with one attached hydrogen (secondary N) is 2. The van der Waals surface area contributed by atoms with Crippen LogP contribution in [0.5, 0.6) is 0 Å². The van der Waals surface area contributed by atoms with Crippen LogP contribution in [0.3, 0.4) is 0 Å². The average molecular weight is 408 g/mol. The van der Waals surface area contributed by atoms with Gasteiger partial charge >= 0.3 is 0 Å². The van der Waals surface area contributed by atoms with Crippen LogP contribution in [-0.4, -0.2) is 29.1 Å². The number of amides is 1. The van der Waals surface area contributed by atoms with Crippen molar-refractivity contribution < 1.29 is 9.90 Å². The van der Waals surface area contributed by atoms with Gasteiger partial charge in [0, 0.05) is 17.6 Å². The van der Waals surface area contributed by atoms with Crippen LogP contribution < -0.4 is 16.4 Å². The zero-order valence-electron chi connectivity index (χ0n) is 15.5. The molecule has 0 fully saturated rings. The number of thiazole rings is 1. The van der Waals surface area contributed by atoms with Crippen LogP contribution in [0.15, 0.2) is 60.0 Å². The summed E-state index contributed by atoms with van der Waals surface area (Å²) in [7, 11) is 0. The van der Waals surface area contributed by atoms with Crippen LogP contribution >= 0.6 is 11.3 Å². The van der Waals surface area contributed by atoms with E-state index in [0.29, 0.717) is 17.4 Å². The number of nitrogens with two attached hydrogens (primary N) is 1. The lowest BCUT2D eigenvalue weighted by atomic mass is 10.1. The Balaban J connectivity index is 1.38. The fourth-order valence-corrected chi connectivity index (χ4v) is 3.36. The van der Waals surface area contributed by atoms with E-state index < -0.39 is 6.10 Å². The lowest BCUT2D eigenvalue weighted by molar-refractivity contribution is -0.115. The van der Waals surface area contributed by atoms with Gasteiger partial charge in [0.05, 0.1) is 18.2 Å². The van der Waals surface area contributed by atoms with E-state index in [2.05, 4.69) is 15.6 Å². The number of aliphatic hydroxyl groups is 1. The van der Waals surface area contributed by atoms with Crippen LogP contribution in [0.4, 0.5) is 10.8 Å². The summed E-state index contributed by atoms with van der Waals surface area (Å²) >= 11 is 1.33. The number of rotatable bonds is 9. The monoisotopic (exact) mass is 408 g/mol. The van der Waals surface area contributed by atoms with Crippen molar-refractivity contribution in [2.45, 2.75) is 18.9 Å². The lowest BCUT2D eigenvalue weighted by Crippen LogP contribution is -2.23. The number of benzene rings is 2. The molecule has 6 nitrogen and oxygen atoms in total. The molecule has 0 aliphatic rings. The predicted molar refractivity (Wildman–Crippen MR) is 113 cm³/mol. The molecule has 28 heavy (non-hydrogen) atoms. The molecule has 0 saturated carbocycles. The summed E-state index contributed by atoms with van der Waals surface area (Å²) < 4.78 is 0. The van der Waals surface area contributed by atoms with Gasteiger partial charge in [-0.25, -0.2) is 4.98 Å². The number of aromatic nitrogens is 1. The second kappa shape index (κ2) is 9.98. The molecule has 146 valence electrons. The maximum Gasteiger partial charge on any atom is 0.230 e. The number of carbonyl (C=O) groups excluding carboxylic acids is 1. The quantitative estimate of drug-likeness (QED) is 0.408. The van der Waals surface area contributed by atoms with Gasteiger partial charge in [-0.05, 0) is 36.2 Å². The Kier molecular flexibility index (Phi) is 7.13. The van der Waals surface area contributed by atoms with Crippen LogP contribution in [0.1, 0.15) is 22.9 Å². The first kappa shape index (κ1) is 20.0. The third-order valence-corrected chi connectivity index (χ3v) is 4.98. The van der Waals surface area contributed by atoms with Crippen LogP contribution in [-0.2, 0) is 17.6 Å². The number of hydrogen-bond donors (Lipinski definition) is 4. The van der Waals surface area contributed by atoms with Gasteiger partial charge in [-0.1, -0.05) is 42.5 Å². The third kappa shape index (κ3) is 6.16. The Morgan fingerprint density at radius 2 is 2.00 bits per heavy atom. The highest BCUT2D eigenvalue weighted by Gasteiger charge is 2.08. The number of nitrogens with zero attached hydrogens (tertiary/aromatic N) is 1. The molecule has 0 aliphatic heterocycles. The molecule has 3 rings (SSSR count). The number of aliphatic hydroxyl groups excluding tert-OH is 1. The van der Waals surface area contributed by atoms with Crippen molar-refractivity contribution in [3.63, 3.8) is 0 Å². The molecule has 5 N–H and O–H groups in total. The van der Waals surface area contributed by atoms with Crippen molar-refractivity contribution in [2.24, 2.45) is 0 Å². The molecular weight excluding hydrogens is 384 g/mol. The Bertz CT molecular complexity index is 881. The fraction of sp³-hybridized carbons (Fsp3) is 0.238. The highest BCUT2D eigenvalue weighted by Crippen LogP contribution is 2.14. The van der Waals surface area contributed by atoms with Crippen molar-refractivity contribution in [1.29, 1.82) is 0 Å². The molecule has 1 heterocycles. The van der Waals surface area contributed by atoms with Gasteiger partial charge in [0.1, 0.15) is 0 Å². The zero-order chi connectivity index (χ0) is 19.8. The first-order valence-corrected chi connectivity index (χ1v) is 10.0. The summed E-state index contributed by atoms with van der Waals surface area (Å²) in [5.41, 5.74) is 9.08. The number of carbonyl (C=O) groups is 1. The first-order valence-electron chi connectivity index (χ1n) is 9.12. The molecule has 3 aromatic rings. The van der Waals surface area contributed by atoms with E-state index >= 15 is 0 Å². The molecule has 0 bridgehead atoms. The van der Waals surface area contributed by atoms with E-state index in [1.54, 1.807) is 5.38 Å². The Morgan fingerprint density at radius 3 is 2.68 bits per heavy atom. The van der Waals surface area contributed by atoms with Crippen LogP contribution in [0, 0.1) is 0 Å². The summed E-state index contributed by atoms with van der Waals surface area (Å²) in [6.45, 7) is 1.28. The normalized spacial score (nSPS) is 11.9. The molecule has 0 aliphatic carbocycles. The molecule has 1 atom stereocenters. The second-order valence-electron chi connectivity index (χ2n) is 6.48. The van der Waals surface area contributed by atoms with Gasteiger partial charge in [-0.15, -0.1) is 11.3 Å². The Morgan fingerprint density at radius 1 is 1.25 bits per heavy atom. The minimum Gasteiger partial charge on any atom is -0.387 e. The molecule has 2 aromatic carbocycles. The molecule has 1 amide bonds. The predicted octanol–water partition coefficient (Wildman–Crippen LogP) is 2.77. The van der Waals surface area contributed by atoms with Crippen molar-refractivity contribution in [3.05, 3.63) is 76.8 Å².